The van der Waals surface area contributed by atoms with Crippen LogP contribution in [0.5, 0.6) is 5.75 Å². The third kappa shape index (κ3) is 2.91. The minimum absolute atomic E-state index is 0.169. The van der Waals surface area contributed by atoms with Crippen LogP contribution in [0.25, 0.3) is 0 Å². The molecule has 1 N–H and O–H groups in total. The van der Waals surface area contributed by atoms with Crippen LogP contribution in [0, 0.1) is 11.6 Å². The van der Waals surface area contributed by atoms with Gasteiger partial charge in [-0.1, -0.05) is 6.07 Å². The number of rotatable bonds is 3. The highest BCUT2D eigenvalue weighted by Gasteiger charge is 2.27. The number of fused-ring (bicyclic) bond motifs is 2. The zero-order valence-electron chi connectivity index (χ0n) is 12.6. The van der Waals surface area contributed by atoms with E-state index in [2.05, 4.69) is 0 Å². The molecule has 0 heterocycles. The summed E-state index contributed by atoms with van der Waals surface area (Å²) in [6, 6.07) is 7.76. The van der Waals surface area contributed by atoms with E-state index in [9.17, 15) is 18.7 Å². The Morgan fingerprint density at radius 1 is 1.13 bits per heavy atom. The first-order valence-electron chi connectivity index (χ1n) is 7.36. The van der Waals surface area contributed by atoms with E-state index in [0.717, 1.165) is 17.2 Å². The number of benzene rings is 2. The van der Waals surface area contributed by atoms with Crippen molar-refractivity contribution in [2.45, 2.75) is 25.2 Å². The monoisotopic (exact) mass is 318 g/mol. The Morgan fingerprint density at radius 2 is 1.78 bits per heavy atom. The van der Waals surface area contributed by atoms with Crippen LogP contribution in [0.4, 0.5) is 8.78 Å². The van der Waals surface area contributed by atoms with Crippen molar-refractivity contribution >= 4 is 5.97 Å². The van der Waals surface area contributed by atoms with E-state index in [1.807, 2.05) is 12.1 Å². The molecule has 0 fully saturated rings. The predicted molar refractivity (Wildman–Crippen MR) is 80.9 cm³/mol. The molecule has 2 aromatic carbocycles. The van der Waals surface area contributed by atoms with Crippen LogP contribution in [-0.2, 0) is 17.6 Å². The maximum absolute atomic E-state index is 13.7. The molecule has 23 heavy (non-hydrogen) atoms. The summed E-state index contributed by atoms with van der Waals surface area (Å²) in [6.45, 7) is 0. The summed E-state index contributed by atoms with van der Waals surface area (Å²) in [5.74, 6) is -2.64. The highest BCUT2D eigenvalue weighted by Crippen LogP contribution is 2.38. The van der Waals surface area contributed by atoms with Gasteiger partial charge in [-0.15, -0.1) is 0 Å². The number of hydrogen-bond acceptors (Lipinski definition) is 2. The SMILES string of the molecule is COc1ccc2c(c1)CCc1cc(F)c(F)cc1C2CC(=O)O. The second-order valence-corrected chi connectivity index (χ2v) is 5.68. The normalized spacial score (nSPS) is 16.2. The molecule has 3 nitrogen and oxygen atoms in total. The lowest BCUT2D eigenvalue weighted by Crippen LogP contribution is -2.10. The van der Waals surface area contributed by atoms with Crippen LogP contribution in [0.15, 0.2) is 30.3 Å². The molecule has 0 bridgehead atoms. The summed E-state index contributed by atoms with van der Waals surface area (Å²) in [7, 11) is 1.56. The van der Waals surface area contributed by atoms with Gasteiger partial charge in [0, 0.05) is 5.92 Å². The number of aliphatic carboxylic acids is 1. The van der Waals surface area contributed by atoms with Crippen LogP contribution in [0.1, 0.15) is 34.6 Å². The summed E-state index contributed by atoms with van der Waals surface area (Å²) >= 11 is 0. The zero-order valence-corrected chi connectivity index (χ0v) is 12.6. The molecule has 0 saturated heterocycles. The van der Waals surface area contributed by atoms with Crippen LogP contribution >= 0.6 is 0 Å². The smallest absolute Gasteiger partial charge is 0.304 e. The van der Waals surface area contributed by atoms with Crippen molar-refractivity contribution in [1.82, 2.24) is 0 Å². The molecule has 0 radical (unpaired) electrons. The van der Waals surface area contributed by atoms with Gasteiger partial charge in [0.1, 0.15) is 5.75 Å². The van der Waals surface area contributed by atoms with E-state index in [1.165, 1.54) is 6.07 Å². The number of carboxylic acids is 1. The summed E-state index contributed by atoms with van der Waals surface area (Å²) in [5, 5.41) is 9.24. The lowest BCUT2D eigenvalue weighted by Gasteiger charge is -2.19. The Kier molecular flexibility index (Phi) is 4.03. The molecule has 1 atom stereocenters. The standard InChI is InChI=1S/C18H16F2O3/c1-23-12-4-5-13-10(6-12)2-3-11-7-16(19)17(20)8-14(11)15(13)9-18(21)22/h4-8,15H,2-3,9H2,1H3,(H,21,22). The average molecular weight is 318 g/mol. The largest absolute Gasteiger partial charge is 0.497 e. The molecular weight excluding hydrogens is 302 g/mol. The number of carbonyl (C=O) groups is 1. The van der Waals surface area contributed by atoms with Gasteiger partial charge in [0.2, 0.25) is 0 Å². The van der Waals surface area contributed by atoms with Crippen LogP contribution in [0.2, 0.25) is 0 Å². The van der Waals surface area contributed by atoms with Crippen molar-refractivity contribution in [3.8, 4) is 5.75 Å². The van der Waals surface area contributed by atoms with Gasteiger partial charge in [-0.05, 0) is 59.4 Å². The summed E-state index contributed by atoms with van der Waals surface area (Å²) in [4.78, 5) is 11.3. The van der Waals surface area contributed by atoms with Crippen molar-refractivity contribution in [1.29, 1.82) is 0 Å². The second kappa shape index (κ2) is 5.99. The highest BCUT2D eigenvalue weighted by atomic mass is 19.2. The third-order valence-electron chi connectivity index (χ3n) is 4.33. The van der Waals surface area contributed by atoms with Gasteiger partial charge in [0.25, 0.3) is 0 Å². The van der Waals surface area contributed by atoms with E-state index in [0.29, 0.717) is 29.7 Å². The lowest BCUT2D eigenvalue weighted by molar-refractivity contribution is -0.137. The summed E-state index contributed by atoms with van der Waals surface area (Å²) < 4.78 is 32.5. The van der Waals surface area contributed by atoms with Crippen molar-refractivity contribution in [3.63, 3.8) is 0 Å². The molecule has 3 rings (SSSR count). The summed E-state index contributed by atoms with van der Waals surface area (Å²) in [6.07, 6.45) is 0.987. The minimum Gasteiger partial charge on any atom is -0.497 e. The van der Waals surface area contributed by atoms with Crippen LogP contribution < -0.4 is 4.74 Å². The maximum Gasteiger partial charge on any atom is 0.304 e. The quantitative estimate of drug-likeness (QED) is 0.939. The minimum atomic E-state index is -0.977. The molecule has 120 valence electrons. The van der Waals surface area contributed by atoms with Crippen LogP contribution in [-0.4, -0.2) is 18.2 Å². The Balaban J connectivity index is 2.18. The molecular formula is C18H16F2O3. The molecule has 1 aliphatic rings. The number of hydrogen-bond donors (Lipinski definition) is 1. The van der Waals surface area contributed by atoms with E-state index >= 15 is 0 Å². The topological polar surface area (TPSA) is 46.5 Å². The fourth-order valence-electron chi connectivity index (χ4n) is 3.24. The number of halogens is 2. The molecule has 1 aliphatic carbocycles. The number of aryl methyl sites for hydroxylation is 2. The molecule has 1 unspecified atom stereocenters. The molecule has 0 aromatic heterocycles. The molecule has 0 saturated carbocycles. The summed E-state index contributed by atoms with van der Waals surface area (Å²) in [5.41, 5.74) is 2.99. The zero-order chi connectivity index (χ0) is 16.6. The van der Waals surface area contributed by atoms with E-state index in [1.54, 1.807) is 13.2 Å². The molecule has 0 aliphatic heterocycles. The molecule has 0 spiro atoms. The van der Waals surface area contributed by atoms with Crippen molar-refractivity contribution in [3.05, 3.63) is 64.2 Å². The fraction of sp³-hybridized carbons (Fsp3) is 0.278. The van der Waals surface area contributed by atoms with Gasteiger partial charge in [0.05, 0.1) is 13.5 Å². The van der Waals surface area contributed by atoms with Gasteiger partial charge >= 0.3 is 5.97 Å². The highest BCUT2D eigenvalue weighted by molar-refractivity contribution is 5.70. The number of methoxy groups -OCH3 is 1. The van der Waals surface area contributed by atoms with E-state index in [-0.39, 0.29) is 6.42 Å². The Morgan fingerprint density at radius 3 is 2.43 bits per heavy atom. The van der Waals surface area contributed by atoms with Gasteiger partial charge < -0.3 is 9.84 Å². The number of carboxylic acid groups (broad SMARTS) is 1. The predicted octanol–water partition coefficient (Wildman–Crippen LogP) is 3.68. The third-order valence-corrected chi connectivity index (χ3v) is 4.33. The maximum atomic E-state index is 13.7. The first-order chi connectivity index (χ1) is 11.0. The van der Waals surface area contributed by atoms with Crippen molar-refractivity contribution in [2.75, 3.05) is 7.11 Å². The lowest BCUT2D eigenvalue weighted by atomic mass is 9.85. The first kappa shape index (κ1) is 15.5. The second-order valence-electron chi connectivity index (χ2n) is 5.68. The van der Waals surface area contributed by atoms with Gasteiger partial charge in [0.15, 0.2) is 11.6 Å². The van der Waals surface area contributed by atoms with Crippen molar-refractivity contribution < 1.29 is 23.4 Å². The van der Waals surface area contributed by atoms with Gasteiger partial charge in [-0.25, -0.2) is 8.78 Å². The van der Waals surface area contributed by atoms with Crippen molar-refractivity contribution in [2.24, 2.45) is 0 Å². The molecule has 2 aromatic rings. The fourth-order valence-corrected chi connectivity index (χ4v) is 3.24. The number of ether oxygens (including phenoxy) is 1. The first-order valence-corrected chi connectivity index (χ1v) is 7.36. The van der Waals surface area contributed by atoms with E-state index in [4.69, 9.17) is 4.74 Å². The Hall–Kier alpha value is -2.43. The molecule has 0 amide bonds. The average Bonchev–Trinajstić information content (AvgIpc) is 2.65. The molecule has 5 heteroatoms. The van der Waals surface area contributed by atoms with Gasteiger partial charge in [-0.3, -0.25) is 4.79 Å². The van der Waals surface area contributed by atoms with Gasteiger partial charge in [-0.2, -0.15) is 0 Å². The van der Waals surface area contributed by atoms with E-state index < -0.39 is 23.5 Å². The Bertz CT molecular complexity index is 771. The van der Waals surface area contributed by atoms with Crippen LogP contribution in [0.3, 0.4) is 0 Å². The Labute approximate surface area is 132 Å².